The zero-order valence-electron chi connectivity index (χ0n) is 23.7. The van der Waals surface area contributed by atoms with Gasteiger partial charge in [0.15, 0.2) is 0 Å². The highest BCUT2D eigenvalue weighted by molar-refractivity contribution is 7.92. The van der Waals surface area contributed by atoms with E-state index in [1.807, 2.05) is 70.2 Å². The molecule has 0 aliphatic heterocycles. The fourth-order valence-electron chi connectivity index (χ4n) is 4.46. The average molecular weight is 568 g/mol. The highest BCUT2D eigenvalue weighted by Crippen LogP contribution is 2.25. The van der Waals surface area contributed by atoms with Gasteiger partial charge in [0.25, 0.3) is 0 Å². The van der Waals surface area contributed by atoms with Gasteiger partial charge in [-0.15, -0.1) is 0 Å². The van der Waals surface area contributed by atoms with Gasteiger partial charge in [-0.3, -0.25) is 13.9 Å². The van der Waals surface area contributed by atoms with E-state index in [1.165, 1.54) is 11.0 Å². The molecule has 0 heterocycles. The molecule has 9 heteroatoms. The minimum Gasteiger partial charge on any atom is -0.350 e. The van der Waals surface area contributed by atoms with Crippen molar-refractivity contribution in [1.82, 2.24) is 10.2 Å². The summed E-state index contributed by atoms with van der Waals surface area (Å²) in [4.78, 5) is 29.1. The Hall–Kier alpha value is -3.72. The van der Waals surface area contributed by atoms with Gasteiger partial charge in [-0.2, -0.15) is 0 Å². The molecule has 0 unspecified atom stereocenters. The molecule has 0 bridgehead atoms. The van der Waals surface area contributed by atoms with Crippen molar-refractivity contribution in [2.24, 2.45) is 0 Å². The van der Waals surface area contributed by atoms with E-state index in [-0.39, 0.29) is 18.5 Å². The standard InChI is InChI=1S/C31H38FN3O4S/c1-6-24-16-11-13-19-27(24)35(40(5,38)39)22-29(36)34(21-25-17-10-12-18-26(25)32)28(30(37)33-31(2,3)4)20-23-14-8-7-9-15-23/h7-19,28H,6,20-22H2,1-5H3,(H,33,37)/t28-/m0/s1. The predicted octanol–water partition coefficient (Wildman–Crippen LogP) is 4.71. The van der Waals surface area contributed by atoms with Crippen LogP contribution in [0.25, 0.3) is 0 Å². The summed E-state index contributed by atoms with van der Waals surface area (Å²) in [6, 6.07) is 21.2. The van der Waals surface area contributed by atoms with Crippen LogP contribution in [0.5, 0.6) is 0 Å². The van der Waals surface area contributed by atoms with Crippen LogP contribution in [0.3, 0.4) is 0 Å². The molecular formula is C31H38FN3O4S. The van der Waals surface area contributed by atoms with Crippen molar-refractivity contribution in [2.75, 3.05) is 17.1 Å². The van der Waals surface area contributed by atoms with Gasteiger partial charge in [0.2, 0.25) is 21.8 Å². The number of aryl methyl sites for hydroxylation is 1. The minimum atomic E-state index is -3.88. The zero-order valence-corrected chi connectivity index (χ0v) is 24.5. The van der Waals surface area contributed by atoms with E-state index < -0.39 is 45.8 Å². The smallest absolute Gasteiger partial charge is 0.244 e. The van der Waals surface area contributed by atoms with Crippen molar-refractivity contribution in [3.05, 3.63) is 101 Å². The fraction of sp³-hybridized carbons (Fsp3) is 0.355. The molecule has 0 saturated heterocycles. The summed E-state index contributed by atoms with van der Waals surface area (Å²) in [5.74, 6) is -1.56. The maximum absolute atomic E-state index is 14.8. The van der Waals surface area contributed by atoms with Crippen LogP contribution in [0.2, 0.25) is 0 Å². The van der Waals surface area contributed by atoms with Crippen LogP contribution in [0.4, 0.5) is 10.1 Å². The summed E-state index contributed by atoms with van der Waals surface area (Å²) < 4.78 is 41.8. The van der Waals surface area contributed by atoms with Crippen LogP contribution in [0, 0.1) is 5.82 Å². The molecule has 0 aliphatic carbocycles. The monoisotopic (exact) mass is 567 g/mol. The van der Waals surface area contributed by atoms with E-state index in [0.717, 1.165) is 21.7 Å². The highest BCUT2D eigenvalue weighted by atomic mass is 32.2. The number of carbonyl (C=O) groups is 2. The van der Waals surface area contributed by atoms with Crippen molar-refractivity contribution in [3.8, 4) is 0 Å². The van der Waals surface area contributed by atoms with Crippen molar-refractivity contribution in [2.45, 2.75) is 58.7 Å². The predicted molar refractivity (Wildman–Crippen MR) is 157 cm³/mol. The minimum absolute atomic E-state index is 0.160. The fourth-order valence-corrected chi connectivity index (χ4v) is 5.35. The second-order valence-corrected chi connectivity index (χ2v) is 12.7. The third-order valence-electron chi connectivity index (χ3n) is 6.39. The van der Waals surface area contributed by atoms with Crippen molar-refractivity contribution < 1.29 is 22.4 Å². The number of nitrogens with zero attached hydrogens (tertiary/aromatic N) is 2. The molecule has 0 fully saturated rings. The molecule has 1 atom stereocenters. The Kier molecular flexibility index (Phi) is 10.1. The van der Waals surface area contributed by atoms with Crippen LogP contribution < -0.4 is 9.62 Å². The summed E-state index contributed by atoms with van der Waals surface area (Å²) in [7, 11) is -3.88. The van der Waals surface area contributed by atoms with Crippen LogP contribution in [-0.4, -0.2) is 49.5 Å². The lowest BCUT2D eigenvalue weighted by Crippen LogP contribution is -2.56. The number of hydrogen-bond donors (Lipinski definition) is 1. The zero-order chi connectivity index (χ0) is 29.5. The molecule has 0 aliphatic rings. The molecule has 7 nitrogen and oxygen atoms in total. The number of halogens is 1. The van der Waals surface area contributed by atoms with Crippen LogP contribution in [0.1, 0.15) is 44.4 Å². The lowest BCUT2D eigenvalue weighted by Gasteiger charge is -2.35. The number of nitrogens with one attached hydrogen (secondary N) is 1. The molecule has 0 saturated carbocycles. The average Bonchev–Trinajstić information content (AvgIpc) is 2.89. The van der Waals surface area contributed by atoms with Gasteiger partial charge in [0.1, 0.15) is 18.4 Å². The second kappa shape index (κ2) is 13.1. The molecule has 0 aromatic heterocycles. The van der Waals surface area contributed by atoms with Gasteiger partial charge in [0.05, 0.1) is 11.9 Å². The van der Waals surface area contributed by atoms with Gasteiger partial charge in [-0.05, 0) is 50.5 Å². The van der Waals surface area contributed by atoms with E-state index in [2.05, 4.69) is 5.32 Å². The Balaban J connectivity index is 2.11. The first-order valence-corrected chi connectivity index (χ1v) is 15.1. The van der Waals surface area contributed by atoms with Gasteiger partial charge >= 0.3 is 0 Å². The number of para-hydroxylation sites is 1. The lowest BCUT2D eigenvalue weighted by atomic mass is 10.0. The number of hydrogen-bond acceptors (Lipinski definition) is 4. The van der Waals surface area contributed by atoms with E-state index in [9.17, 15) is 22.4 Å². The largest absolute Gasteiger partial charge is 0.350 e. The summed E-state index contributed by atoms with van der Waals surface area (Å²) in [6.45, 7) is 6.64. The van der Waals surface area contributed by atoms with Gasteiger partial charge in [-0.25, -0.2) is 12.8 Å². The number of carbonyl (C=O) groups excluding carboxylic acids is 2. The molecule has 0 radical (unpaired) electrons. The van der Waals surface area contributed by atoms with Gasteiger partial charge in [-0.1, -0.05) is 73.7 Å². The first-order valence-electron chi connectivity index (χ1n) is 13.2. The SMILES string of the molecule is CCc1ccccc1N(CC(=O)N(Cc1ccccc1F)[C@@H](Cc1ccccc1)C(=O)NC(C)(C)C)S(C)(=O)=O. The third-order valence-corrected chi connectivity index (χ3v) is 7.51. The Morgan fingerprint density at radius 1 is 0.900 bits per heavy atom. The molecule has 2 amide bonds. The Bertz CT molecular complexity index is 1420. The molecule has 0 spiro atoms. The number of anilines is 1. The van der Waals surface area contributed by atoms with E-state index in [1.54, 1.807) is 30.3 Å². The summed E-state index contributed by atoms with van der Waals surface area (Å²) in [5, 5.41) is 2.95. The number of rotatable bonds is 11. The van der Waals surface area contributed by atoms with Crippen LogP contribution >= 0.6 is 0 Å². The first-order chi connectivity index (χ1) is 18.8. The van der Waals surface area contributed by atoms with E-state index >= 15 is 0 Å². The molecule has 1 N–H and O–H groups in total. The highest BCUT2D eigenvalue weighted by Gasteiger charge is 2.35. The van der Waals surface area contributed by atoms with Crippen LogP contribution in [-0.2, 0) is 39.0 Å². The van der Waals surface area contributed by atoms with Gasteiger partial charge in [0, 0.05) is 24.1 Å². The quantitative estimate of drug-likeness (QED) is 0.364. The molecule has 3 aromatic carbocycles. The molecule has 214 valence electrons. The first kappa shape index (κ1) is 30.8. The topological polar surface area (TPSA) is 86.8 Å². The summed E-state index contributed by atoms with van der Waals surface area (Å²) in [5.41, 5.74) is 1.58. The summed E-state index contributed by atoms with van der Waals surface area (Å²) >= 11 is 0. The Morgan fingerprint density at radius 2 is 1.48 bits per heavy atom. The molecular weight excluding hydrogens is 529 g/mol. The van der Waals surface area contributed by atoms with Crippen molar-refractivity contribution >= 4 is 27.5 Å². The Morgan fingerprint density at radius 3 is 2.05 bits per heavy atom. The van der Waals surface area contributed by atoms with Crippen LogP contribution in [0.15, 0.2) is 78.9 Å². The number of amides is 2. The third kappa shape index (κ3) is 8.39. The van der Waals surface area contributed by atoms with E-state index in [0.29, 0.717) is 12.1 Å². The second-order valence-electron chi connectivity index (χ2n) is 10.8. The molecule has 40 heavy (non-hydrogen) atoms. The number of sulfonamides is 1. The van der Waals surface area contributed by atoms with Crippen molar-refractivity contribution in [1.29, 1.82) is 0 Å². The number of benzene rings is 3. The summed E-state index contributed by atoms with van der Waals surface area (Å²) in [6.07, 6.45) is 1.76. The molecule has 3 rings (SSSR count). The molecule has 3 aromatic rings. The van der Waals surface area contributed by atoms with Crippen molar-refractivity contribution in [3.63, 3.8) is 0 Å². The normalized spacial score (nSPS) is 12.4. The lowest BCUT2D eigenvalue weighted by molar-refractivity contribution is -0.140. The van der Waals surface area contributed by atoms with E-state index in [4.69, 9.17) is 0 Å². The van der Waals surface area contributed by atoms with Gasteiger partial charge < -0.3 is 10.2 Å². The Labute approximate surface area is 237 Å². The maximum atomic E-state index is 14.8. The maximum Gasteiger partial charge on any atom is 0.244 e.